The van der Waals surface area contributed by atoms with Crippen molar-refractivity contribution in [2.75, 3.05) is 25.2 Å². The van der Waals surface area contributed by atoms with Gasteiger partial charge in [-0.15, -0.1) is 12.4 Å². The Hall–Kier alpha value is -1.69. The summed E-state index contributed by atoms with van der Waals surface area (Å²) in [7, 11) is 1.69. The number of rotatable bonds is 7. The minimum atomic E-state index is 0. The maximum absolute atomic E-state index is 12.9. The molecule has 1 unspecified atom stereocenters. The molecule has 1 amide bonds. The van der Waals surface area contributed by atoms with Crippen molar-refractivity contribution >= 4 is 30.1 Å². The van der Waals surface area contributed by atoms with Crippen LogP contribution in [0.2, 0.25) is 0 Å². The van der Waals surface area contributed by atoms with Crippen molar-refractivity contribution in [2.24, 2.45) is 0 Å². The lowest BCUT2D eigenvalue weighted by Gasteiger charge is -2.30. The summed E-state index contributed by atoms with van der Waals surface area (Å²) in [6.07, 6.45) is 0.574. The lowest BCUT2D eigenvalue weighted by Crippen LogP contribution is -2.44. The average molecular weight is 435 g/mol. The maximum atomic E-state index is 12.9. The molecule has 3 rings (SSSR count). The van der Waals surface area contributed by atoms with Crippen molar-refractivity contribution in [3.8, 4) is 16.9 Å². The Labute approximate surface area is 184 Å². The Balaban J connectivity index is 0.00000300. The second-order valence-electron chi connectivity index (χ2n) is 7.44. The van der Waals surface area contributed by atoms with Crippen LogP contribution in [0.4, 0.5) is 0 Å². The zero-order valence-electron chi connectivity index (χ0n) is 17.4. The highest BCUT2D eigenvalue weighted by Gasteiger charge is 2.23. The number of benzene rings is 2. The van der Waals surface area contributed by atoms with Gasteiger partial charge < -0.3 is 15.0 Å². The molecule has 0 bridgehead atoms. The van der Waals surface area contributed by atoms with E-state index in [0.717, 1.165) is 40.5 Å². The monoisotopic (exact) mass is 434 g/mol. The molecule has 158 valence electrons. The van der Waals surface area contributed by atoms with Crippen LogP contribution < -0.4 is 10.1 Å². The van der Waals surface area contributed by atoms with Gasteiger partial charge in [0.25, 0.3) is 0 Å². The number of amides is 1. The number of halogens is 1. The first-order valence-corrected chi connectivity index (χ1v) is 11.1. The molecule has 1 fully saturated rings. The minimum absolute atomic E-state index is 0. The van der Waals surface area contributed by atoms with Gasteiger partial charge in [-0.05, 0) is 31.0 Å². The van der Waals surface area contributed by atoms with E-state index in [2.05, 4.69) is 49.5 Å². The van der Waals surface area contributed by atoms with Crippen molar-refractivity contribution in [3.63, 3.8) is 0 Å². The van der Waals surface area contributed by atoms with E-state index in [9.17, 15) is 4.79 Å². The van der Waals surface area contributed by atoms with Crippen LogP contribution in [0.3, 0.4) is 0 Å². The molecule has 0 spiro atoms. The fraction of sp³-hybridized carbons (Fsp3) is 0.435. The lowest BCUT2D eigenvalue weighted by atomic mass is 10.0. The number of hydrogen-bond donors (Lipinski definition) is 1. The van der Waals surface area contributed by atoms with Crippen molar-refractivity contribution in [2.45, 2.75) is 38.9 Å². The van der Waals surface area contributed by atoms with Crippen LogP contribution >= 0.6 is 24.2 Å². The predicted octanol–water partition coefficient (Wildman–Crippen LogP) is 4.62. The third-order valence-electron chi connectivity index (χ3n) is 5.09. The largest absolute Gasteiger partial charge is 0.496 e. The summed E-state index contributed by atoms with van der Waals surface area (Å²) >= 11 is 1.93. The van der Waals surface area contributed by atoms with E-state index < -0.39 is 0 Å². The molecule has 1 saturated heterocycles. The van der Waals surface area contributed by atoms with Gasteiger partial charge in [0, 0.05) is 48.7 Å². The van der Waals surface area contributed by atoms with Crippen LogP contribution in [0.1, 0.15) is 25.8 Å². The van der Waals surface area contributed by atoms with Crippen LogP contribution in [0.15, 0.2) is 48.5 Å². The topological polar surface area (TPSA) is 41.6 Å². The fourth-order valence-corrected chi connectivity index (χ4v) is 4.46. The summed E-state index contributed by atoms with van der Waals surface area (Å²) in [6, 6.07) is 16.9. The highest BCUT2D eigenvalue weighted by molar-refractivity contribution is 7.99. The molecule has 4 nitrogen and oxygen atoms in total. The van der Waals surface area contributed by atoms with Crippen molar-refractivity contribution in [3.05, 3.63) is 54.1 Å². The van der Waals surface area contributed by atoms with Gasteiger partial charge in [0.15, 0.2) is 0 Å². The molecule has 0 aromatic heterocycles. The fourth-order valence-electron chi connectivity index (χ4n) is 3.51. The molecule has 0 radical (unpaired) electrons. The minimum Gasteiger partial charge on any atom is -0.496 e. The summed E-state index contributed by atoms with van der Waals surface area (Å²) in [6.45, 7) is 5.81. The molecule has 0 saturated carbocycles. The molecule has 1 aliphatic rings. The Kier molecular flexibility index (Phi) is 9.34. The van der Waals surface area contributed by atoms with Crippen molar-refractivity contribution < 1.29 is 9.53 Å². The second-order valence-corrected chi connectivity index (χ2v) is 8.59. The summed E-state index contributed by atoms with van der Waals surface area (Å²) < 4.78 is 5.47. The van der Waals surface area contributed by atoms with E-state index in [-0.39, 0.29) is 24.4 Å². The number of hydrogen-bond acceptors (Lipinski definition) is 4. The van der Waals surface area contributed by atoms with Crippen molar-refractivity contribution in [1.82, 2.24) is 10.2 Å². The van der Waals surface area contributed by atoms with E-state index >= 15 is 0 Å². The zero-order valence-corrected chi connectivity index (χ0v) is 19.0. The lowest BCUT2D eigenvalue weighted by molar-refractivity contribution is -0.134. The number of para-hydroxylation sites is 1. The van der Waals surface area contributed by atoms with Gasteiger partial charge in [-0.3, -0.25) is 4.79 Å². The Morgan fingerprint density at radius 3 is 2.55 bits per heavy atom. The Bertz CT molecular complexity index is 777. The molecule has 6 heteroatoms. The first kappa shape index (κ1) is 23.6. The third-order valence-corrected chi connectivity index (χ3v) is 6.22. The highest BCUT2D eigenvalue weighted by atomic mass is 35.5. The van der Waals surface area contributed by atoms with Gasteiger partial charge in [0.2, 0.25) is 5.91 Å². The van der Waals surface area contributed by atoms with E-state index in [0.29, 0.717) is 19.0 Å². The Morgan fingerprint density at radius 2 is 1.93 bits per heavy atom. The van der Waals surface area contributed by atoms with E-state index in [4.69, 9.17) is 4.74 Å². The third kappa shape index (κ3) is 6.39. The van der Waals surface area contributed by atoms with Gasteiger partial charge in [-0.2, -0.15) is 11.8 Å². The zero-order chi connectivity index (χ0) is 19.9. The van der Waals surface area contributed by atoms with Crippen LogP contribution in [0.25, 0.3) is 11.1 Å². The number of nitrogens with zero attached hydrogens (tertiary/aromatic N) is 1. The van der Waals surface area contributed by atoms with Crippen LogP contribution in [-0.4, -0.2) is 48.1 Å². The summed E-state index contributed by atoms with van der Waals surface area (Å²) in [4.78, 5) is 14.9. The molecule has 29 heavy (non-hydrogen) atoms. The van der Waals surface area contributed by atoms with Gasteiger partial charge in [0.05, 0.1) is 7.11 Å². The normalized spacial score (nSPS) is 16.2. The molecular weight excluding hydrogens is 404 g/mol. The Morgan fingerprint density at radius 1 is 1.21 bits per heavy atom. The summed E-state index contributed by atoms with van der Waals surface area (Å²) in [5.74, 6) is 3.25. The molecule has 1 N–H and O–H groups in total. The van der Waals surface area contributed by atoms with Crippen molar-refractivity contribution in [1.29, 1.82) is 0 Å². The number of ether oxygens (including phenoxy) is 1. The maximum Gasteiger partial charge on any atom is 0.224 e. The second kappa shape index (κ2) is 11.5. The average Bonchev–Trinajstić information content (AvgIpc) is 2.73. The van der Waals surface area contributed by atoms with Crippen LogP contribution in [0, 0.1) is 0 Å². The molecule has 2 aromatic carbocycles. The van der Waals surface area contributed by atoms with Gasteiger partial charge in [0.1, 0.15) is 5.75 Å². The number of carbonyl (C=O) groups is 1. The number of thioether (sulfide) groups is 1. The first-order chi connectivity index (χ1) is 13.6. The smallest absolute Gasteiger partial charge is 0.224 e. The standard InChI is InChI=1S/C23H30N2O2S.ClH/c1-17(2)25(23(26)14-20-16-28-13-12-24-20)15-18-8-10-19(11-9-18)21-6-4-5-7-22(21)27-3;/h4-11,17,20,24H,12-16H2,1-3H3;1H. The predicted molar refractivity (Wildman–Crippen MR) is 125 cm³/mol. The van der Waals surface area contributed by atoms with E-state index in [1.165, 1.54) is 0 Å². The molecule has 2 aromatic rings. The number of carbonyl (C=O) groups excluding carboxylic acids is 1. The molecular formula is C23H31ClN2O2S. The quantitative estimate of drug-likeness (QED) is 0.690. The number of nitrogens with one attached hydrogen (secondary N) is 1. The summed E-state index contributed by atoms with van der Waals surface area (Å²) in [5.41, 5.74) is 3.34. The number of methoxy groups -OCH3 is 1. The SMILES string of the molecule is COc1ccccc1-c1ccc(CN(C(=O)CC2CSCCN2)C(C)C)cc1.Cl. The van der Waals surface area contributed by atoms with Gasteiger partial charge in [-0.1, -0.05) is 42.5 Å². The van der Waals surface area contributed by atoms with Gasteiger partial charge >= 0.3 is 0 Å². The summed E-state index contributed by atoms with van der Waals surface area (Å²) in [5, 5.41) is 3.46. The first-order valence-electron chi connectivity index (χ1n) is 9.91. The van der Waals surface area contributed by atoms with Crippen LogP contribution in [-0.2, 0) is 11.3 Å². The molecule has 1 atom stereocenters. The highest BCUT2D eigenvalue weighted by Crippen LogP contribution is 2.29. The van der Waals surface area contributed by atoms with Crippen LogP contribution in [0.5, 0.6) is 5.75 Å². The van der Waals surface area contributed by atoms with Gasteiger partial charge in [-0.25, -0.2) is 0 Å². The molecule has 1 aliphatic heterocycles. The van der Waals surface area contributed by atoms with E-state index in [1.807, 2.05) is 34.9 Å². The molecule has 0 aliphatic carbocycles. The molecule has 1 heterocycles. The van der Waals surface area contributed by atoms with E-state index in [1.54, 1.807) is 7.11 Å².